The molecular weight excluding hydrogens is 543 g/mol. The lowest BCUT2D eigenvalue weighted by Gasteiger charge is -2.26. The molecule has 0 saturated heterocycles. The van der Waals surface area contributed by atoms with E-state index in [2.05, 4.69) is 51.9 Å². The molecule has 0 fully saturated rings. The predicted octanol–water partition coefficient (Wildman–Crippen LogP) is 4.37. The number of thiazole rings is 1. The van der Waals surface area contributed by atoms with E-state index in [4.69, 9.17) is 9.98 Å². The zero-order chi connectivity index (χ0) is 27.5. The van der Waals surface area contributed by atoms with Gasteiger partial charge in [0.25, 0.3) is 0 Å². The maximum absolute atomic E-state index is 11.3. The van der Waals surface area contributed by atoms with Crippen LogP contribution in [0.1, 0.15) is 11.3 Å². The number of benzene rings is 2. The third-order valence-electron chi connectivity index (χ3n) is 6.71. The van der Waals surface area contributed by atoms with Crippen LogP contribution >= 0.6 is 11.3 Å². The number of nitrogens with zero attached hydrogens (tertiary/aromatic N) is 6. The van der Waals surface area contributed by atoms with Gasteiger partial charge < -0.3 is 10.2 Å². The summed E-state index contributed by atoms with van der Waals surface area (Å²) in [5, 5.41) is 11.6. The van der Waals surface area contributed by atoms with E-state index in [-0.39, 0.29) is 11.7 Å². The van der Waals surface area contributed by atoms with Gasteiger partial charge in [-0.25, -0.2) is 13.4 Å². The average molecular weight is 572 g/mol. The minimum absolute atomic E-state index is 0.0678. The number of aromatic nitrogens is 3. The summed E-state index contributed by atoms with van der Waals surface area (Å²) in [7, 11) is -2.98. The lowest BCUT2D eigenvalue weighted by atomic mass is 9.92. The van der Waals surface area contributed by atoms with E-state index in [1.54, 1.807) is 11.3 Å². The van der Waals surface area contributed by atoms with Crippen LogP contribution in [0.2, 0.25) is 0 Å². The van der Waals surface area contributed by atoms with Gasteiger partial charge in [-0.2, -0.15) is 5.10 Å². The lowest BCUT2D eigenvalue weighted by molar-refractivity contribution is 0.596. The first-order chi connectivity index (χ1) is 19.4. The second-order valence-electron chi connectivity index (χ2n) is 9.87. The van der Waals surface area contributed by atoms with Gasteiger partial charge >= 0.3 is 0 Å². The van der Waals surface area contributed by atoms with E-state index in [1.165, 1.54) is 11.8 Å². The van der Waals surface area contributed by atoms with Crippen LogP contribution in [-0.4, -0.2) is 60.2 Å². The molecule has 2 aromatic carbocycles. The maximum Gasteiger partial charge on any atom is 0.193 e. The number of anilines is 1. The fourth-order valence-electron chi connectivity index (χ4n) is 4.68. The van der Waals surface area contributed by atoms with Crippen LogP contribution < -0.4 is 10.2 Å². The van der Waals surface area contributed by atoms with Crippen molar-refractivity contribution in [2.24, 2.45) is 15.9 Å². The topological polar surface area (TPSA) is 105 Å². The van der Waals surface area contributed by atoms with Crippen molar-refractivity contribution in [2.45, 2.75) is 13.1 Å². The Morgan fingerprint density at radius 3 is 2.90 bits per heavy atom. The van der Waals surface area contributed by atoms with Crippen LogP contribution in [0.3, 0.4) is 0 Å². The normalized spacial score (nSPS) is 17.9. The van der Waals surface area contributed by atoms with Crippen LogP contribution in [0.25, 0.3) is 10.9 Å². The monoisotopic (exact) mass is 571 g/mol. The molecule has 0 bridgehead atoms. The maximum atomic E-state index is 11.3. The Labute approximate surface area is 237 Å². The van der Waals surface area contributed by atoms with Gasteiger partial charge in [-0.05, 0) is 23.8 Å². The molecule has 6 rings (SSSR count). The van der Waals surface area contributed by atoms with Crippen LogP contribution in [0.15, 0.2) is 94.1 Å². The van der Waals surface area contributed by atoms with Gasteiger partial charge in [0.05, 0.1) is 47.6 Å². The number of rotatable bonds is 9. The molecule has 204 valence electrons. The summed E-state index contributed by atoms with van der Waals surface area (Å²) in [5.74, 6) is 0.178. The summed E-state index contributed by atoms with van der Waals surface area (Å²) in [6.45, 7) is 2.16. The largest absolute Gasteiger partial charge is 0.310 e. The first kappa shape index (κ1) is 26.3. The van der Waals surface area contributed by atoms with E-state index in [0.717, 1.165) is 45.2 Å². The summed E-state index contributed by atoms with van der Waals surface area (Å²) >= 11 is 1.55. The molecule has 0 saturated carbocycles. The fraction of sp³-hybridized carbons (Fsp3) is 0.241. The summed E-state index contributed by atoms with van der Waals surface area (Å²) in [6, 6.07) is 16.5. The highest BCUT2D eigenvalue weighted by Crippen LogP contribution is 2.30. The molecule has 0 spiro atoms. The predicted molar refractivity (Wildman–Crippen MR) is 162 cm³/mol. The van der Waals surface area contributed by atoms with E-state index in [0.29, 0.717) is 19.6 Å². The molecule has 1 N–H and O–H groups in total. The van der Waals surface area contributed by atoms with Crippen molar-refractivity contribution in [3.8, 4) is 0 Å². The van der Waals surface area contributed by atoms with E-state index in [9.17, 15) is 8.42 Å². The number of hydrogen-bond donors (Lipinski definition) is 1. The van der Waals surface area contributed by atoms with Crippen molar-refractivity contribution in [3.63, 3.8) is 0 Å². The highest BCUT2D eigenvalue weighted by atomic mass is 32.2. The molecular formula is C29H29N7O2S2. The average Bonchev–Trinajstić information content (AvgIpc) is 3.58. The number of aliphatic imine (C=N–C) groups is 2. The smallest absolute Gasteiger partial charge is 0.193 e. The number of nitrogens with one attached hydrogen (secondary N) is 1. The SMILES string of the molecule is CS(=O)(=O)CCNCc1csc(N2C=CC3C=NCC(=Nc4ccc5c(cnn5Cc5ccccc5)c4)C3=C2)n1. The van der Waals surface area contributed by atoms with Gasteiger partial charge in [-0.1, -0.05) is 36.4 Å². The van der Waals surface area contributed by atoms with Crippen LogP contribution in [0.5, 0.6) is 0 Å². The van der Waals surface area contributed by atoms with Crippen molar-refractivity contribution < 1.29 is 8.42 Å². The first-order valence-electron chi connectivity index (χ1n) is 13.0. The van der Waals surface area contributed by atoms with Crippen LogP contribution in [-0.2, 0) is 22.9 Å². The molecule has 11 heteroatoms. The molecule has 0 aliphatic carbocycles. The molecule has 2 aliphatic heterocycles. The fourth-order valence-corrected chi connectivity index (χ4v) is 5.98. The standard InChI is InChI=1S/C29H29N7O2S2/c1-40(37,38)12-10-30-16-25-20-39-29(34-25)35-11-9-22-14-31-17-27(26(22)19-35)33-24-7-8-28-23(13-24)15-32-36(28)18-21-5-3-2-4-6-21/h2-9,11,13-15,19-20,22,30H,10,12,16-18H2,1H3. The number of fused-ring (bicyclic) bond motifs is 2. The lowest BCUT2D eigenvalue weighted by Crippen LogP contribution is -2.27. The Hall–Kier alpha value is -3.93. The molecule has 9 nitrogen and oxygen atoms in total. The number of hydrogen-bond acceptors (Lipinski definition) is 9. The zero-order valence-electron chi connectivity index (χ0n) is 22.0. The molecule has 2 aliphatic rings. The highest BCUT2D eigenvalue weighted by Gasteiger charge is 2.24. The van der Waals surface area contributed by atoms with Gasteiger partial charge in [0.15, 0.2) is 5.13 Å². The van der Waals surface area contributed by atoms with Gasteiger partial charge in [0.1, 0.15) is 9.84 Å². The number of allylic oxidation sites excluding steroid dienone is 1. The van der Waals surface area contributed by atoms with E-state index < -0.39 is 9.84 Å². The Morgan fingerprint density at radius 1 is 1.18 bits per heavy atom. The third kappa shape index (κ3) is 6.11. The first-order valence-corrected chi connectivity index (χ1v) is 15.9. The molecule has 0 amide bonds. The molecule has 4 aromatic rings. The van der Waals surface area contributed by atoms with Crippen molar-refractivity contribution in [1.29, 1.82) is 0 Å². The molecule has 1 unspecified atom stereocenters. The van der Waals surface area contributed by atoms with E-state index >= 15 is 0 Å². The van der Waals surface area contributed by atoms with Gasteiger partial charge in [0.2, 0.25) is 0 Å². The molecule has 1 atom stereocenters. The Morgan fingerprint density at radius 2 is 2.05 bits per heavy atom. The Bertz CT molecular complexity index is 1750. The third-order valence-corrected chi connectivity index (χ3v) is 8.56. The van der Waals surface area contributed by atoms with Crippen LogP contribution in [0, 0.1) is 5.92 Å². The minimum atomic E-state index is -2.98. The Balaban J connectivity index is 1.19. The highest BCUT2D eigenvalue weighted by molar-refractivity contribution is 7.90. The quantitative estimate of drug-likeness (QED) is 0.299. The van der Waals surface area contributed by atoms with Crippen LogP contribution in [0.4, 0.5) is 10.8 Å². The van der Waals surface area contributed by atoms with Crippen molar-refractivity contribution in [1.82, 2.24) is 20.1 Å². The molecule has 2 aromatic heterocycles. The second kappa shape index (κ2) is 11.3. The van der Waals surface area contributed by atoms with Gasteiger partial charge in [0, 0.05) is 60.2 Å². The molecule has 0 radical (unpaired) electrons. The van der Waals surface area contributed by atoms with Crippen molar-refractivity contribution in [2.75, 3.05) is 30.0 Å². The number of sulfone groups is 1. The summed E-state index contributed by atoms with van der Waals surface area (Å²) in [5.41, 5.74) is 6.06. The molecule has 40 heavy (non-hydrogen) atoms. The van der Waals surface area contributed by atoms with Gasteiger partial charge in [-0.15, -0.1) is 11.3 Å². The summed E-state index contributed by atoms with van der Waals surface area (Å²) < 4.78 is 24.7. The van der Waals surface area contributed by atoms with E-state index in [1.807, 2.05) is 57.8 Å². The molecule has 4 heterocycles. The zero-order valence-corrected chi connectivity index (χ0v) is 23.6. The summed E-state index contributed by atoms with van der Waals surface area (Å²) in [6.07, 6.45) is 11.3. The second-order valence-corrected chi connectivity index (χ2v) is 13.0. The Kier molecular flexibility index (Phi) is 7.42. The van der Waals surface area contributed by atoms with Crippen molar-refractivity contribution >= 4 is 54.8 Å². The summed E-state index contributed by atoms with van der Waals surface area (Å²) in [4.78, 5) is 16.3. The van der Waals surface area contributed by atoms with Crippen molar-refractivity contribution in [3.05, 3.63) is 95.4 Å². The van der Waals surface area contributed by atoms with Gasteiger partial charge in [-0.3, -0.25) is 14.7 Å². The minimum Gasteiger partial charge on any atom is -0.310 e.